The minimum absolute atomic E-state index is 0.335. The Morgan fingerprint density at radius 1 is 1.47 bits per heavy atom. The average Bonchev–Trinajstić information content (AvgIpc) is 2.74. The number of nitrogens with two attached hydrogens (primary N) is 1. The third kappa shape index (κ3) is 2.06. The van der Waals surface area contributed by atoms with E-state index < -0.39 is 6.04 Å². The topological polar surface area (TPSA) is 51.8 Å². The third-order valence-electron chi connectivity index (χ3n) is 2.00. The summed E-state index contributed by atoms with van der Waals surface area (Å²) >= 11 is 4.29. The number of benzene rings is 1. The smallest absolute Gasteiger partial charge is 0.142 e. The van der Waals surface area contributed by atoms with E-state index in [1.54, 1.807) is 24.4 Å². The molecule has 0 saturated heterocycles. The van der Waals surface area contributed by atoms with Crippen LogP contribution >= 0.6 is 27.5 Å². The van der Waals surface area contributed by atoms with Gasteiger partial charge in [-0.2, -0.15) is 0 Å². The second-order valence-electron chi connectivity index (χ2n) is 2.94. The first-order valence-corrected chi connectivity index (χ1v) is 5.73. The number of hydrogen-bond acceptors (Lipinski definition) is 4. The maximum Gasteiger partial charge on any atom is 0.142 e. The van der Waals surface area contributed by atoms with Crippen LogP contribution in [0.25, 0.3) is 0 Å². The summed E-state index contributed by atoms with van der Waals surface area (Å²) in [6, 6.07) is 4.53. The Labute approximate surface area is 98.4 Å². The monoisotopic (exact) mass is 287 g/mol. The molecule has 1 aromatic carbocycles. The van der Waals surface area contributed by atoms with Crippen molar-refractivity contribution in [2.45, 2.75) is 6.04 Å². The summed E-state index contributed by atoms with van der Waals surface area (Å²) in [5, 5.41) is 3.68. The van der Waals surface area contributed by atoms with Gasteiger partial charge in [0.2, 0.25) is 0 Å². The summed E-state index contributed by atoms with van der Waals surface area (Å²) in [5.74, 6) is -0.335. The molecule has 1 unspecified atom stereocenters. The van der Waals surface area contributed by atoms with Gasteiger partial charge in [0.1, 0.15) is 5.82 Å². The zero-order valence-corrected chi connectivity index (χ0v) is 9.93. The minimum Gasteiger partial charge on any atom is -0.319 e. The van der Waals surface area contributed by atoms with Crippen molar-refractivity contribution in [2.24, 2.45) is 5.73 Å². The Hall–Kier alpha value is -0.850. The Balaban J connectivity index is 2.42. The maximum atomic E-state index is 13.7. The lowest BCUT2D eigenvalue weighted by atomic mass is 10.1. The van der Waals surface area contributed by atoms with Crippen molar-refractivity contribution >= 4 is 27.5 Å². The Bertz CT molecular complexity index is 460. The normalized spacial score (nSPS) is 12.7. The van der Waals surface area contributed by atoms with Crippen LogP contribution in [0, 0.1) is 5.82 Å². The first kappa shape index (κ1) is 10.7. The number of hydrogen-bond donors (Lipinski definition) is 1. The lowest BCUT2D eigenvalue weighted by Gasteiger charge is -2.10. The molecular formula is C9H7BrFN3S. The molecule has 6 heteroatoms. The maximum absolute atomic E-state index is 13.7. The number of nitrogens with zero attached hydrogens (tertiary/aromatic N) is 2. The highest BCUT2D eigenvalue weighted by Crippen LogP contribution is 2.27. The zero-order chi connectivity index (χ0) is 10.8. The molecule has 0 bridgehead atoms. The van der Waals surface area contributed by atoms with E-state index in [-0.39, 0.29) is 5.82 Å². The predicted molar refractivity (Wildman–Crippen MR) is 60.0 cm³/mol. The van der Waals surface area contributed by atoms with Crippen LogP contribution in [0.15, 0.2) is 28.9 Å². The van der Waals surface area contributed by atoms with Gasteiger partial charge in [0.25, 0.3) is 0 Å². The molecule has 0 radical (unpaired) electrons. The molecule has 2 aromatic rings. The summed E-state index contributed by atoms with van der Waals surface area (Å²) in [5.41, 5.74) is 6.34. The molecule has 1 heterocycles. The first-order chi connectivity index (χ1) is 7.20. The van der Waals surface area contributed by atoms with Gasteiger partial charge in [0, 0.05) is 5.56 Å². The van der Waals surface area contributed by atoms with Gasteiger partial charge in [-0.05, 0) is 33.5 Å². The molecule has 2 N–H and O–H groups in total. The molecule has 0 aliphatic heterocycles. The minimum atomic E-state index is -0.512. The van der Waals surface area contributed by atoms with Crippen molar-refractivity contribution < 1.29 is 4.39 Å². The molecule has 1 aromatic heterocycles. The van der Waals surface area contributed by atoms with Crippen molar-refractivity contribution in [1.82, 2.24) is 9.59 Å². The largest absolute Gasteiger partial charge is 0.319 e. The van der Waals surface area contributed by atoms with Gasteiger partial charge in [-0.1, -0.05) is 16.6 Å². The van der Waals surface area contributed by atoms with Crippen molar-refractivity contribution in [3.05, 3.63) is 45.1 Å². The molecule has 0 amide bonds. The Morgan fingerprint density at radius 2 is 2.27 bits per heavy atom. The molecular weight excluding hydrogens is 281 g/mol. The summed E-state index contributed by atoms with van der Waals surface area (Å²) in [6.07, 6.45) is 1.55. The highest BCUT2D eigenvalue weighted by Gasteiger charge is 2.16. The van der Waals surface area contributed by atoms with Gasteiger partial charge < -0.3 is 5.73 Å². The van der Waals surface area contributed by atoms with Crippen LogP contribution < -0.4 is 5.73 Å². The number of aromatic nitrogens is 2. The van der Waals surface area contributed by atoms with E-state index in [9.17, 15) is 4.39 Å². The molecule has 0 saturated carbocycles. The predicted octanol–water partition coefficient (Wildman–Crippen LogP) is 2.49. The number of rotatable bonds is 2. The molecule has 0 fully saturated rings. The van der Waals surface area contributed by atoms with Crippen LogP contribution in [-0.4, -0.2) is 9.59 Å². The van der Waals surface area contributed by atoms with Crippen molar-refractivity contribution in [3.63, 3.8) is 0 Å². The van der Waals surface area contributed by atoms with Crippen LogP contribution in [0.1, 0.15) is 16.5 Å². The van der Waals surface area contributed by atoms with Gasteiger partial charge in [0.05, 0.1) is 21.6 Å². The van der Waals surface area contributed by atoms with Crippen molar-refractivity contribution in [1.29, 1.82) is 0 Å². The van der Waals surface area contributed by atoms with E-state index in [1.807, 2.05) is 0 Å². The van der Waals surface area contributed by atoms with Crippen LogP contribution in [0.2, 0.25) is 0 Å². The molecule has 0 aliphatic carbocycles. The van der Waals surface area contributed by atoms with Gasteiger partial charge in [-0.25, -0.2) is 4.39 Å². The summed E-state index contributed by atoms with van der Waals surface area (Å²) in [4.78, 5) is 0.743. The van der Waals surface area contributed by atoms with Crippen molar-refractivity contribution in [3.8, 4) is 0 Å². The highest BCUT2D eigenvalue weighted by molar-refractivity contribution is 9.10. The Morgan fingerprint density at radius 3 is 2.93 bits per heavy atom. The summed E-state index contributed by atoms with van der Waals surface area (Å²) in [6.45, 7) is 0. The van der Waals surface area contributed by atoms with Crippen molar-refractivity contribution in [2.75, 3.05) is 0 Å². The van der Waals surface area contributed by atoms with Gasteiger partial charge in [-0.15, -0.1) is 5.10 Å². The van der Waals surface area contributed by atoms with Gasteiger partial charge in [-0.3, -0.25) is 0 Å². The van der Waals surface area contributed by atoms with Crippen LogP contribution in [0.4, 0.5) is 4.39 Å². The second-order valence-corrected chi connectivity index (χ2v) is 4.61. The summed E-state index contributed by atoms with van der Waals surface area (Å²) in [7, 11) is 0. The van der Waals surface area contributed by atoms with E-state index >= 15 is 0 Å². The van der Waals surface area contributed by atoms with E-state index in [0.29, 0.717) is 10.0 Å². The molecule has 0 spiro atoms. The van der Waals surface area contributed by atoms with E-state index in [0.717, 1.165) is 4.88 Å². The molecule has 2 rings (SSSR count). The summed E-state index contributed by atoms with van der Waals surface area (Å²) < 4.78 is 17.8. The van der Waals surface area contributed by atoms with Crippen LogP contribution in [0.5, 0.6) is 0 Å². The standard InChI is InChI=1S/C9H7BrFN3S/c10-6-3-1-2-5(8(6)11)9(12)7-4-13-14-15-7/h1-4,9H,12H2. The highest BCUT2D eigenvalue weighted by atomic mass is 79.9. The Kier molecular flexibility index (Phi) is 3.08. The van der Waals surface area contributed by atoms with E-state index in [1.165, 1.54) is 11.5 Å². The molecule has 3 nitrogen and oxygen atoms in total. The van der Waals surface area contributed by atoms with E-state index in [4.69, 9.17) is 5.73 Å². The average molecular weight is 288 g/mol. The lowest BCUT2D eigenvalue weighted by molar-refractivity contribution is 0.594. The second kappa shape index (κ2) is 4.34. The first-order valence-electron chi connectivity index (χ1n) is 4.17. The van der Waals surface area contributed by atoms with Crippen LogP contribution in [0.3, 0.4) is 0 Å². The fourth-order valence-corrected chi connectivity index (χ4v) is 2.13. The zero-order valence-electron chi connectivity index (χ0n) is 7.52. The quantitative estimate of drug-likeness (QED) is 0.923. The fourth-order valence-electron chi connectivity index (χ4n) is 1.23. The molecule has 78 valence electrons. The van der Waals surface area contributed by atoms with E-state index in [2.05, 4.69) is 25.5 Å². The van der Waals surface area contributed by atoms with Gasteiger partial charge >= 0.3 is 0 Å². The SMILES string of the molecule is NC(c1cnns1)c1cccc(Br)c1F. The lowest BCUT2D eigenvalue weighted by Crippen LogP contribution is -2.12. The molecule has 1 atom stereocenters. The third-order valence-corrected chi connectivity index (χ3v) is 3.36. The van der Waals surface area contributed by atoms with Crippen LogP contribution in [-0.2, 0) is 0 Å². The fraction of sp³-hybridized carbons (Fsp3) is 0.111. The molecule has 15 heavy (non-hydrogen) atoms. The molecule has 0 aliphatic rings. The van der Waals surface area contributed by atoms with Gasteiger partial charge in [0.15, 0.2) is 0 Å². The number of halogens is 2.